The Morgan fingerprint density at radius 1 is 1.02 bits per heavy atom. The molecule has 0 unspecified atom stereocenters. The molecule has 0 saturated carbocycles. The molecular weight excluding hydrogens is 543 g/mol. The number of carbonyl (C=O) groups excluding carboxylic acids is 2. The molecule has 1 N–H and O–H groups in total. The number of ether oxygens (including phenoxy) is 2. The number of aliphatic imine (C=N–C) groups is 1. The maximum atomic E-state index is 13.6. The number of nitrogens with zero attached hydrogens (tertiary/aromatic N) is 2. The number of hydrogen-bond acceptors (Lipinski definition) is 6. The zero-order chi connectivity index (χ0) is 29.0. The number of anilines is 1. The fraction of sp³-hybridized carbons (Fsp3) is 0.276. The molecule has 40 heavy (non-hydrogen) atoms. The lowest BCUT2D eigenvalue weighted by atomic mass is 10.1. The van der Waals surface area contributed by atoms with Crippen molar-refractivity contribution in [2.24, 2.45) is 4.99 Å². The van der Waals surface area contributed by atoms with Gasteiger partial charge in [0, 0.05) is 12.1 Å². The number of rotatable bonds is 8. The third-order valence-electron chi connectivity index (χ3n) is 6.45. The van der Waals surface area contributed by atoms with Gasteiger partial charge >= 0.3 is 6.18 Å². The number of amidine groups is 1. The molecule has 1 aliphatic heterocycles. The summed E-state index contributed by atoms with van der Waals surface area (Å²) in [5.74, 6) is 0.137. The molecule has 4 rings (SSSR count). The predicted octanol–water partition coefficient (Wildman–Crippen LogP) is 6.50. The van der Waals surface area contributed by atoms with E-state index in [4.69, 9.17) is 14.5 Å². The van der Waals surface area contributed by atoms with Crippen molar-refractivity contribution in [3.05, 3.63) is 82.9 Å². The van der Waals surface area contributed by atoms with E-state index in [-0.39, 0.29) is 24.6 Å². The van der Waals surface area contributed by atoms with Crippen LogP contribution in [0.5, 0.6) is 11.5 Å². The zero-order valence-electron chi connectivity index (χ0n) is 22.3. The summed E-state index contributed by atoms with van der Waals surface area (Å²) in [5.41, 5.74) is 2.58. The highest BCUT2D eigenvalue weighted by Gasteiger charge is 2.39. The number of aryl methyl sites for hydroxylation is 1. The van der Waals surface area contributed by atoms with Gasteiger partial charge < -0.3 is 14.8 Å². The molecule has 0 radical (unpaired) electrons. The van der Waals surface area contributed by atoms with Gasteiger partial charge in [0.15, 0.2) is 16.7 Å². The summed E-state index contributed by atoms with van der Waals surface area (Å²) in [5, 5.41) is 2.09. The van der Waals surface area contributed by atoms with Crippen LogP contribution < -0.4 is 14.8 Å². The lowest BCUT2D eigenvalue weighted by Crippen LogP contribution is -2.33. The van der Waals surface area contributed by atoms with Crippen LogP contribution >= 0.6 is 11.8 Å². The summed E-state index contributed by atoms with van der Waals surface area (Å²) in [6, 6.07) is 15.4. The molecule has 210 valence electrons. The standard InChI is InChI=1S/C29H28F3N3O4S/c1-17-7-5-10-22(18(17)2)34-28-35(16-19-11-12-23(38-3)24(13-19)39-4)27(37)25(40-28)15-26(36)33-21-9-6-8-20(14-21)29(30,31)32/h5-14,25H,15-16H2,1-4H3,(H,33,36)/t25-/m1/s1. The van der Waals surface area contributed by atoms with Gasteiger partial charge in [-0.05, 0) is 66.9 Å². The number of carbonyl (C=O) groups is 2. The van der Waals surface area contributed by atoms with Crippen LogP contribution in [0, 0.1) is 13.8 Å². The monoisotopic (exact) mass is 571 g/mol. The fourth-order valence-electron chi connectivity index (χ4n) is 4.15. The van der Waals surface area contributed by atoms with Crippen molar-refractivity contribution < 1.29 is 32.2 Å². The summed E-state index contributed by atoms with van der Waals surface area (Å²) >= 11 is 1.15. The van der Waals surface area contributed by atoms with Gasteiger partial charge in [0.1, 0.15) is 5.25 Å². The number of nitrogens with one attached hydrogen (secondary N) is 1. The minimum absolute atomic E-state index is 0.00160. The lowest BCUT2D eigenvalue weighted by molar-refractivity contribution is -0.137. The Morgan fingerprint density at radius 3 is 2.45 bits per heavy atom. The summed E-state index contributed by atoms with van der Waals surface area (Å²) in [6.07, 6.45) is -4.78. The number of alkyl halides is 3. The van der Waals surface area contributed by atoms with Crippen molar-refractivity contribution in [3.63, 3.8) is 0 Å². The first-order valence-corrected chi connectivity index (χ1v) is 13.2. The molecule has 11 heteroatoms. The van der Waals surface area contributed by atoms with Gasteiger partial charge in [-0.15, -0.1) is 0 Å². The van der Waals surface area contributed by atoms with Gasteiger partial charge in [-0.2, -0.15) is 13.2 Å². The number of benzene rings is 3. The van der Waals surface area contributed by atoms with Crippen LogP contribution in [0.3, 0.4) is 0 Å². The molecule has 1 fully saturated rings. The number of halogens is 3. The summed E-state index contributed by atoms with van der Waals surface area (Å²) in [7, 11) is 3.05. The number of thioether (sulfide) groups is 1. The van der Waals surface area contributed by atoms with E-state index in [1.54, 1.807) is 12.1 Å². The van der Waals surface area contributed by atoms with E-state index in [0.29, 0.717) is 22.4 Å². The minimum atomic E-state index is -4.54. The van der Waals surface area contributed by atoms with Crippen molar-refractivity contribution in [2.45, 2.75) is 38.2 Å². The lowest BCUT2D eigenvalue weighted by Gasteiger charge is -2.18. The van der Waals surface area contributed by atoms with E-state index in [2.05, 4.69) is 5.32 Å². The Labute approximate surface area is 234 Å². The SMILES string of the molecule is COc1ccc(CN2C(=O)[C@@H](CC(=O)Nc3cccc(C(F)(F)F)c3)SC2=Nc2cccc(C)c2C)cc1OC. The predicted molar refractivity (Wildman–Crippen MR) is 149 cm³/mol. The van der Waals surface area contributed by atoms with E-state index in [1.807, 2.05) is 38.1 Å². The van der Waals surface area contributed by atoms with Gasteiger partial charge in [0.05, 0.1) is 32.0 Å². The highest BCUT2D eigenvalue weighted by Crippen LogP contribution is 2.36. The molecule has 3 aromatic carbocycles. The first-order valence-electron chi connectivity index (χ1n) is 12.3. The molecule has 1 heterocycles. The van der Waals surface area contributed by atoms with Gasteiger partial charge in [0.25, 0.3) is 0 Å². The second-order valence-electron chi connectivity index (χ2n) is 9.16. The van der Waals surface area contributed by atoms with Crippen molar-refractivity contribution >= 4 is 40.1 Å². The van der Waals surface area contributed by atoms with E-state index in [9.17, 15) is 22.8 Å². The molecule has 0 aliphatic carbocycles. The summed E-state index contributed by atoms with van der Waals surface area (Å²) < 4.78 is 49.9. The van der Waals surface area contributed by atoms with Crippen LogP contribution in [-0.4, -0.2) is 41.4 Å². The minimum Gasteiger partial charge on any atom is -0.493 e. The van der Waals surface area contributed by atoms with E-state index >= 15 is 0 Å². The Hall–Kier alpha value is -3.99. The van der Waals surface area contributed by atoms with E-state index in [1.165, 1.54) is 31.3 Å². The molecule has 1 saturated heterocycles. The van der Waals surface area contributed by atoms with Crippen LogP contribution in [0.15, 0.2) is 65.7 Å². The van der Waals surface area contributed by atoms with Crippen LogP contribution in [0.1, 0.15) is 28.7 Å². The maximum absolute atomic E-state index is 13.6. The second-order valence-corrected chi connectivity index (χ2v) is 10.3. The van der Waals surface area contributed by atoms with Gasteiger partial charge in [-0.1, -0.05) is 36.0 Å². The van der Waals surface area contributed by atoms with Crippen LogP contribution in [0.25, 0.3) is 0 Å². The molecule has 0 bridgehead atoms. The second kappa shape index (κ2) is 12.0. The molecule has 1 aliphatic rings. The third kappa shape index (κ3) is 6.59. The Bertz CT molecular complexity index is 1460. The Balaban J connectivity index is 1.59. The highest BCUT2D eigenvalue weighted by atomic mass is 32.2. The molecule has 0 aromatic heterocycles. The van der Waals surface area contributed by atoms with E-state index < -0.39 is 22.9 Å². The third-order valence-corrected chi connectivity index (χ3v) is 7.62. The molecular formula is C29H28F3N3O4S. The van der Waals surface area contributed by atoms with Crippen LogP contribution in [0.2, 0.25) is 0 Å². The molecule has 7 nitrogen and oxygen atoms in total. The van der Waals surface area contributed by atoms with Gasteiger partial charge in [-0.3, -0.25) is 14.5 Å². The first-order chi connectivity index (χ1) is 19.0. The number of amides is 2. The Morgan fingerprint density at radius 2 is 1.75 bits per heavy atom. The van der Waals surface area contributed by atoms with Crippen LogP contribution in [-0.2, 0) is 22.3 Å². The quantitative estimate of drug-likeness (QED) is 0.334. The maximum Gasteiger partial charge on any atom is 0.416 e. The van der Waals surface area contributed by atoms with Gasteiger partial charge in [-0.25, -0.2) is 4.99 Å². The normalized spacial score (nSPS) is 16.4. The van der Waals surface area contributed by atoms with Crippen molar-refractivity contribution in [3.8, 4) is 11.5 Å². The Kier molecular flexibility index (Phi) is 8.73. The number of hydrogen-bond donors (Lipinski definition) is 1. The van der Waals surface area contributed by atoms with Gasteiger partial charge in [0.2, 0.25) is 11.8 Å². The summed E-state index contributed by atoms with van der Waals surface area (Å²) in [6.45, 7) is 4.07. The zero-order valence-corrected chi connectivity index (χ0v) is 23.2. The molecule has 3 aromatic rings. The smallest absolute Gasteiger partial charge is 0.416 e. The van der Waals surface area contributed by atoms with Crippen molar-refractivity contribution in [2.75, 3.05) is 19.5 Å². The van der Waals surface area contributed by atoms with Crippen molar-refractivity contribution in [1.82, 2.24) is 4.90 Å². The molecule has 1 atom stereocenters. The fourth-order valence-corrected chi connectivity index (χ4v) is 5.30. The van der Waals surface area contributed by atoms with E-state index in [0.717, 1.165) is 40.6 Å². The average molecular weight is 572 g/mol. The van der Waals surface area contributed by atoms with Crippen molar-refractivity contribution in [1.29, 1.82) is 0 Å². The summed E-state index contributed by atoms with van der Waals surface area (Å²) in [4.78, 5) is 32.6. The van der Waals surface area contributed by atoms with Crippen LogP contribution in [0.4, 0.5) is 24.5 Å². The number of methoxy groups -OCH3 is 2. The largest absolute Gasteiger partial charge is 0.493 e. The highest BCUT2D eigenvalue weighted by molar-refractivity contribution is 8.15. The average Bonchev–Trinajstić information content (AvgIpc) is 3.19. The molecule has 2 amide bonds. The first kappa shape index (κ1) is 29.0. The topological polar surface area (TPSA) is 80.2 Å². The molecule has 0 spiro atoms.